The van der Waals surface area contributed by atoms with Gasteiger partial charge in [0.2, 0.25) is 5.91 Å². The summed E-state index contributed by atoms with van der Waals surface area (Å²) in [6.07, 6.45) is 1.00. The molecule has 1 atom stereocenters. The second-order valence-corrected chi connectivity index (χ2v) is 6.59. The van der Waals surface area contributed by atoms with Crippen LogP contribution in [-0.4, -0.2) is 22.6 Å². The summed E-state index contributed by atoms with van der Waals surface area (Å²) in [5.41, 5.74) is 3.62. The monoisotopic (exact) mass is 306 g/mol. The Bertz CT molecular complexity index is 615. The molecule has 0 spiro atoms. The Labute approximate surface area is 125 Å². The fourth-order valence-electron chi connectivity index (χ4n) is 2.10. The molecular formula is C13H14N4OS2. The Kier molecular flexibility index (Phi) is 4.00. The van der Waals surface area contributed by atoms with Gasteiger partial charge in [-0.25, -0.2) is 0 Å². The predicted molar refractivity (Wildman–Crippen MR) is 80.1 cm³/mol. The summed E-state index contributed by atoms with van der Waals surface area (Å²) in [4.78, 5) is 13.0. The van der Waals surface area contributed by atoms with E-state index in [4.69, 9.17) is 0 Å². The van der Waals surface area contributed by atoms with Crippen molar-refractivity contribution in [3.8, 4) is 0 Å². The largest absolute Gasteiger partial charge is 0.324 e. The Morgan fingerprint density at radius 2 is 2.40 bits per heavy atom. The van der Waals surface area contributed by atoms with Crippen LogP contribution in [0.2, 0.25) is 0 Å². The van der Waals surface area contributed by atoms with Crippen molar-refractivity contribution < 1.29 is 4.79 Å². The highest BCUT2D eigenvalue weighted by Crippen LogP contribution is 2.36. The summed E-state index contributed by atoms with van der Waals surface area (Å²) < 4.78 is 0.898. The van der Waals surface area contributed by atoms with Gasteiger partial charge in [-0.2, -0.15) is 0 Å². The van der Waals surface area contributed by atoms with E-state index in [1.807, 2.05) is 18.2 Å². The summed E-state index contributed by atoms with van der Waals surface area (Å²) in [6, 6.07) is 5.79. The van der Waals surface area contributed by atoms with E-state index in [1.165, 1.54) is 11.3 Å². The van der Waals surface area contributed by atoms with Crippen LogP contribution in [-0.2, 0) is 4.79 Å². The van der Waals surface area contributed by atoms with Gasteiger partial charge in [-0.05, 0) is 25.1 Å². The first-order valence-electron chi connectivity index (χ1n) is 6.40. The lowest BCUT2D eigenvalue weighted by Gasteiger charge is -2.10. The summed E-state index contributed by atoms with van der Waals surface area (Å²) in [7, 11) is 0. The minimum Gasteiger partial charge on any atom is -0.324 e. The summed E-state index contributed by atoms with van der Waals surface area (Å²) in [5.74, 6) is 0.0199. The molecule has 2 aromatic rings. The first kappa shape index (κ1) is 13.5. The molecule has 5 nitrogen and oxygen atoms in total. The molecule has 1 aliphatic rings. The van der Waals surface area contributed by atoms with Crippen molar-refractivity contribution in [2.45, 2.75) is 28.6 Å². The van der Waals surface area contributed by atoms with Crippen molar-refractivity contribution in [1.29, 1.82) is 0 Å². The average Bonchev–Trinajstić information content (AvgIpc) is 3.03. The Morgan fingerprint density at radius 1 is 1.50 bits per heavy atom. The number of carbonyl (C=O) groups is 1. The first-order valence-corrected chi connectivity index (χ1v) is 8.09. The second-order valence-electron chi connectivity index (χ2n) is 4.43. The zero-order valence-electron chi connectivity index (χ0n) is 10.9. The molecule has 0 fully saturated rings. The highest BCUT2D eigenvalue weighted by atomic mass is 32.2. The lowest BCUT2D eigenvalue weighted by molar-refractivity contribution is -0.117. The van der Waals surface area contributed by atoms with Crippen LogP contribution >= 0.6 is 23.1 Å². The molecule has 2 N–H and O–H groups in total. The smallest absolute Gasteiger partial charge is 0.246 e. The second kappa shape index (κ2) is 5.90. The van der Waals surface area contributed by atoms with Gasteiger partial charge in [0.25, 0.3) is 0 Å². The Hall–Kier alpha value is -1.44. The highest BCUT2D eigenvalue weighted by Gasteiger charge is 2.29. The van der Waals surface area contributed by atoms with Crippen molar-refractivity contribution >= 4 is 34.7 Å². The third kappa shape index (κ3) is 2.70. The molecule has 0 aliphatic carbocycles. The van der Waals surface area contributed by atoms with Crippen LogP contribution in [0.5, 0.6) is 0 Å². The minimum atomic E-state index is -0.231. The molecule has 0 saturated heterocycles. The topological polar surface area (TPSA) is 66.9 Å². The molecule has 0 radical (unpaired) electrons. The van der Waals surface area contributed by atoms with Crippen molar-refractivity contribution in [2.75, 3.05) is 11.9 Å². The van der Waals surface area contributed by atoms with Gasteiger partial charge >= 0.3 is 0 Å². The van der Waals surface area contributed by atoms with Gasteiger partial charge in [-0.1, -0.05) is 36.1 Å². The molecule has 1 aliphatic heterocycles. The number of carbonyl (C=O) groups excluding carboxylic acids is 1. The van der Waals surface area contributed by atoms with Crippen molar-refractivity contribution in [3.05, 3.63) is 29.3 Å². The van der Waals surface area contributed by atoms with Crippen molar-refractivity contribution in [3.63, 3.8) is 0 Å². The Morgan fingerprint density at radius 3 is 3.15 bits per heavy atom. The van der Waals surface area contributed by atoms with E-state index >= 15 is 0 Å². The number of anilines is 1. The maximum atomic E-state index is 12.0. The van der Waals surface area contributed by atoms with E-state index in [0.717, 1.165) is 33.5 Å². The third-order valence-corrected chi connectivity index (χ3v) is 4.77. The molecule has 1 amide bonds. The first-order chi connectivity index (χ1) is 9.78. The van der Waals surface area contributed by atoms with Gasteiger partial charge in [0, 0.05) is 16.1 Å². The molecule has 2 heterocycles. The van der Waals surface area contributed by atoms with Gasteiger partial charge < -0.3 is 10.6 Å². The molecule has 20 heavy (non-hydrogen) atoms. The number of amides is 1. The van der Waals surface area contributed by atoms with E-state index in [0.29, 0.717) is 0 Å². The molecule has 1 aromatic heterocycles. The molecular weight excluding hydrogens is 292 g/mol. The average molecular weight is 306 g/mol. The number of aromatic nitrogens is 2. The van der Waals surface area contributed by atoms with Crippen LogP contribution in [0.25, 0.3) is 0 Å². The number of benzene rings is 1. The number of nitrogens with zero attached hydrogens (tertiary/aromatic N) is 2. The minimum absolute atomic E-state index is 0.0199. The van der Waals surface area contributed by atoms with Gasteiger partial charge in [0.15, 0.2) is 4.34 Å². The van der Waals surface area contributed by atoms with E-state index in [9.17, 15) is 4.79 Å². The van der Waals surface area contributed by atoms with Crippen LogP contribution in [0, 0.1) is 0 Å². The van der Waals surface area contributed by atoms with Gasteiger partial charge in [-0.15, -0.1) is 10.2 Å². The quantitative estimate of drug-likeness (QED) is 0.889. The fourth-order valence-corrected chi connectivity index (χ4v) is 3.60. The van der Waals surface area contributed by atoms with Crippen molar-refractivity contribution in [2.24, 2.45) is 0 Å². The van der Waals surface area contributed by atoms with Crippen LogP contribution in [0.3, 0.4) is 0 Å². The van der Waals surface area contributed by atoms with Crippen LogP contribution < -0.4 is 10.6 Å². The van der Waals surface area contributed by atoms with E-state index < -0.39 is 0 Å². The number of hydrogen-bond donors (Lipinski definition) is 2. The third-order valence-electron chi connectivity index (χ3n) is 3.00. The molecule has 0 saturated carbocycles. The number of fused-ring (bicyclic) bond motifs is 1. The highest BCUT2D eigenvalue weighted by molar-refractivity contribution is 8.01. The number of hydrogen-bond acceptors (Lipinski definition) is 6. The van der Waals surface area contributed by atoms with Crippen LogP contribution in [0.15, 0.2) is 32.9 Å². The molecule has 1 unspecified atom stereocenters. The lowest BCUT2D eigenvalue weighted by atomic mass is 10.1. The zero-order chi connectivity index (χ0) is 13.9. The van der Waals surface area contributed by atoms with Gasteiger partial charge in [-0.3, -0.25) is 4.79 Å². The summed E-state index contributed by atoms with van der Waals surface area (Å²) in [5, 5.41) is 14.0. The molecule has 0 bridgehead atoms. The summed E-state index contributed by atoms with van der Waals surface area (Å²) in [6.45, 7) is 2.92. The summed E-state index contributed by atoms with van der Waals surface area (Å²) >= 11 is 3.06. The van der Waals surface area contributed by atoms with E-state index in [-0.39, 0.29) is 11.9 Å². The lowest BCUT2D eigenvalue weighted by Crippen LogP contribution is -2.27. The van der Waals surface area contributed by atoms with Crippen LogP contribution in [0.1, 0.15) is 24.9 Å². The molecule has 3 rings (SSSR count). The predicted octanol–water partition coefficient (Wildman–Crippen LogP) is 2.68. The Balaban J connectivity index is 1.80. The molecule has 104 valence electrons. The van der Waals surface area contributed by atoms with E-state index in [2.05, 4.69) is 27.8 Å². The SMILES string of the molecule is CCCNC1C(=O)Nc2cc(Sc3nncs3)ccc21. The normalized spacial score (nSPS) is 17.1. The van der Waals surface area contributed by atoms with Crippen molar-refractivity contribution in [1.82, 2.24) is 15.5 Å². The molecule has 1 aromatic carbocycles. The molecule has 7 heteroatoms. The number of rotatable bonds is 5. The number of nitrogens with one attached hydrogen (secondary N) is 2. The van der Waals surface area contributed by atoms with Gasteiger partial charge in [0.1, 0.15) is 11.6 Å². The maximum Gasteiger partial charge on any atom is 0.246 e. The standard InChI is InChI=1S/C13H14N4OS2/c1-2-5-14-11-9-4-3-8(6-10(9)16-12(11)18)20-13-17-15-7-19-13/h3-4,6-7,11,14H,2,5H2,1H3,(H,16,18). The fraction of sp³-hybridized carbons (Fsp3) is 0.308. The maximum absolute atomic E-state index is 12.0. The van der Waals surface area contributed by atoms with Gasteiger partial charge in [0.05, 0.1) is 0 Å². The zero-order valence-corrected chi connectivity index (χ0v) is 12.6. The van der Waals surface area contributed by atoms with E-state index in [1.54, 1.807) is 17.3 Å². The van der Waals surface area contributed by atoms with Crippen LogP contribution in [0.4, 0.5) is 5.69 Å².